The fourth-order valence-corrected chi connectivity index (χ4v) is 4.12. The van der Waals surface area contributed by atoms with Crippen LogP contribution in [0.25, 0.3) is 0 Å². The molecule has 2 aromatic carbocycles. The van der Waals surface area contributed by atoms with Crippen LogP contribution < -0.4 is 21.1 Å². The summed E-state index contributed by atoms with van der Waals surface area (Å²) in [6.07, 6.45) is 0.829. The highest BCUT2D eigenvalue weighted by atomic mass is 35.5. The van der Waals surface area contributed by atoms with Crippen LogP contribution in [0.15, 0.2) is 42.5 Å². The summed E-state index contributed by atoms with van der Waals surface area (Å²) in [5.74, 6) is -0.418. The number of amides is 1. The van der Waals surface area contributed by atoms with Gasteiger partial charge in [-0.2, -0.15) is 0 Å². The normalized spacial score (nSPS) is 17.8. The van der Waals surface area contributed by atoms with E-state index in [1.807, 2.05) is 13.8 Å². The average Bonchev–Trinajstić information content (AvgIpc) is 2.78. The molecule has 3 atom stereocenters. The van der Waals surface area contributed by atoms with Gasteiger partial charge in [-0.25, -0.2) is 4.79 Å². The highest BCUT2D eigenvalue weighted by Gasteiger charge is 2.47. The summed E-state index contributed by atoms with van der Waals surface area (Å²) in [5, 5.41) is 6.64. The first-order valence-corrected chi connectivity index (χ1v) is 12.3. The molecule has 1 heterocycles. The van der Waals surface area contributed by atoms with E-state index in [0.29, 0.717) is 45.4 Å². The first-order valence-electron chi connectivity index (χ1n) is 11.6. The van der Waals surface area contributed by atoms with Crippen molar-refractivity contribution >= 4 is 46.4 Å². The molecule has 0 saturated carbocycles. The van der Waals surface area contributed by atoms with Gasteiger partial charge in [-0.15, -0.1) is 0 Å². The highest BCUT2D eigenvalue weighted by Crippen LogP contribution is 2.36. The molecular weight excluding hydrogens is 486 g/mol. The third-order valence-electron chi connectivity index (χ3n) is 5.66. The SMILES string of the molecule is CCCC(NC(=O)c1ccc(Cl)cc1)C(N)(C(=O)OC(C)(C)C)c1ccc2c(c1)NC(=S)C(C)O2. The van der Waals surface area contributed by atoms with Gasteiger partial charge in [-0.3, -0.25) is 4.79 Å². The number of nitrogens with one attached hydrogen (secondary N) is 2. The van der Waals surface area contributed by atoms with Crippen molar-refractivity contribution in [3.63, 3.8) is 0 Å². The first-order chi connectivity index (χ1) is 16.3. The molecule has 2 aromatic rings. The maximum absolute atomic E-state index is 13.7. The fraction of sp³-hybridized carbons (Fsp3) is 0.423. The van der Waals surface area contributed by atoms with E-state index in [4.69, 9.17) is 39.0 Å². The first kappa shape index (κ1) is 26.9. The summed E-state index contributed by atoms with van der Waals surface area (Å²) in [6.45, 7) is 9.13. The number of fused-ring (bicyclic) bond motifs is 1. The minimum Gasteiger partial charge on any atom is -0.481 e. The summed E-state index contributed by atoms with van der Waals surface area (Å²) in [6, 6.07) is 10.9. The van der Waals surface area contributed by atoms with Crippen LogP contribution >= 0.6 is 23.8 Å². The minimum absolute atomic E-state index is 0.275. The Morgan fingerprint density at radius 2 is 1.89 bits per heavy atom. The molecule has 0 spiro atoms. The molecular formula is C26H32ClN3O4S. The molecule has 0 aromatic heterocycles. The van der Waals surface area contributed by atoms with Crippen LogP contribution in [0, 0.1) is 0 Å². The van der Waals surface area contributed by atoms with Crippen molar-refractivity contribution in [1.82, 2.24) is 5.32 Å². The van der Waals surface area contributed by atoms with Gasteiger partial charge in [0.1, 0.15) is 22.4 Å². The second-order valence-corrected chi connectivity index (χ2v) is 10.5. The molecule has 1 aliphatic heterocycles. The number of rotatable bonds is 7. The molecule has 35 heavy (non-hydrogen) atoms. The maximum Gasteiger partial charge on any atom is 0.333 e. The van der Waals surface area contributed by atoms with Gasteiger partial charge in [0.25, 0.3) is 5.91 Å². The molecule has 0 saturated heterocycles. The number of hydrogen-bond acceptors (Lipinski definition) is 6. The largest absolute Gasteiger partial charge is 0.481 e. The van der Waals surface area contributed by atoms with Crippen molar-refractivity contribution in [3.8, 4) is 5.75 Å². The number of hydrogen-bond donors (Lipinski definition) is 3. The predicted octanol–water partition coefficient (Wildman–Crippen LogP) is 4.95. The lowest BCUT2D eigenvalue weighted by atomic mass is 9.80. The second-order valence-electron chi connectivity index (χ2n) is 9.65. The van der Waals surface area contributed by atoms with Crippen molar-refractivity contribution in [2.24, 2.45) is 5.73 Å². The Kier molecular flexibility index (Phi) is 8.09. The van der Waals surface area contributed by atoms with Crippen molar-refractivity contribution in [1.29, 1.82) is 0 Å². The summed E-state index contributed by atoms with van der Waals surface area (Å²) in [4.78, 5) is 27.3. The van der Waals surface area contributed by atoms with Gasteiger partial charge in [0, 0.05) is 10.6 Å². The highest BCUT2D eigenvalue weighted by molar-refractivity contribution is 7.80. The topological polar surface area (TPSA) is 103 Å². The Morgan fingerprint density at radius 1 is 1.23 bits per heavy atom. The molecule has 4 N–H and O–H groups in total. The molecule has 0 bridgehead atoms. The molecule has 3 rings (SSSR count). The predicted molar refractivity (Wildman–Crippen MR) is 142 cm³/mol. The number of nitrogens with two attached hydrogens (primary N) is 1. The number of halogens is 1. The van der Waals surface area contributed by atoms with Crippen LogP contribution in [0.5, 0.6) is 5.75 Å². The molecule has 9 heteroatoms. The molecule has 7 nitrogen and oxygen atoms in total. The van der Waals surface area contributed by atoms with Crippen molar-refractivity contribution in [2.75, 3.05) is 5.32 Å². The molecule has 1 amide bonds. The van der Waals surface area contributed by atoms with E-state index in [-0.39, 0.29) is 12.0 Å². The number of benzene rings is 2. The maximum atomic E-state index is 13.7. The van der Waals surface area contributed by atoms with Gasteiger partial charge in [-0.1, -0.05) is 43.2 Å². The van der Waals surface area contributed by atoms with Crippen LogP contribution in [0.2, 0.25) is 5.02 Å². The van der Waals surface area contributed by atoms with Crippen molar-refractivity contribution in [3.05, 3.63) is 58.6 Å². The molecule has 0 radical (unpaired) electrons. The van der Waals surface area contributed by atoms with E-state index in [2.05, 4.69) is 10.6 Å². The van der Waals surface area contributed by atoms with Gasteiger partial charge in [-0.05, 0) is 76.1 Å². The number of anilines is 1. The Balaban J connectivity index is 2.06. The van der Waals surface area contributed by atoms with Crippen LogP contribution in [-0.2, 0) is 15.1 Å². The zero-order chi connectivity index (χ0) is 26.0. The average molecular weight is 518 g/mol. The van der Waals surface area contributed by atoms with Gasteiger partial charge in [0.15, 0.2) is 5.54 Å². The number of ether oxygens (including phenoxy) is 2. The summed E-state index contributed by atoms with van der Waals surface area (Å²) < 4.78 is 11.6. The quantitative estimate of drug-likeness (QED) is 0.352. The van der Waals surface area contributed by atoms with E-state index in [1.54, 1.807) is 63.2 Å². The van der Waals surface area contributed by atoms with Gasteiger partial charge < -0.3 is 25.8 Å². The Morgan fingerprint density at radius 3 is 2.49 bits per heavy atom. The Hall–Kier alpha value is -2.68. The van der Waals surface area contributed by atoms with Gasteiger partial charge in [0.2, 0.25) is 0 Å². The van der Waals surface area contributed by atoms with E-state index in [0.717, 1.165) is 0 Å². The van der Waals surface area contributed by atoms with E-state index >= 15 is 0 Å². The molecule has 0 fully saturated rings. The number of thiocarbonyl (C=S) groups is 1. The van der Waals surface area contributed by atoms with E-state index < -0.39 is 23.2 Å². The zero-order valence-corrected chi connectivity index (χ0v) is 22.2. The molecule has 0 aliphatic carbocycles. The Labute approximate surface area is 216 Å². The molecule has 3 unspecified atom stereocenters. The van der Waals surface area contributed by atoms with Gasteiger partial charge in [0.05, 0.1) is 11.7 Å². The van der Waals surface area contributed by atoms with Crippen LogP contribution in [0.4, 0.5) is 5.69 Å². The monoisotopic (exact) mass is 517 g/mol. The van der Waals surface area contributed by atoms with Crippen molar-refractivity contribution in [2.45, 2.75) is 70.7 Å². The van der Waals surface area contributed by atoms with E-state index in [9.17, 15) is 9.59 Å². The zero-order valence-electron chi connectivity index (χ0n) is 20.6. The third-order valence-corrected chi connectivity index (χ3v) is 6.35. The molecule has 188 valence electrons. The smallest absolute Gasteiger partial charge is 0.333 e. The fourth-order valence-electron chi connectivity index (χ4n) is 3.84. The summed E-state index contributed by atoms with van der Waals surface area (Å²) >= 11 is 11.3. The van der Waals surface area contributed by atoms with Crippen molar-refractivity contribution < 1.29 is 19.1 Å². The number of carbonyl (C=O) groups is 2. The number of esters is 1. The van der Waals surface area contributed by atoms with Crippen LogP contribution in [0.3, 0.4) is 0 Å². The Bertz CT molecular complexity index is 1120. The summed E-state index contributed by atoms with van der Waals surface area (Å²) in [5.41, 5.74) is 5.93. The summed E-state index contributed by atoms with van der Waals surface area (Å²) in [7, 11) is 0. The third kappa shape index (κ3) is 6.12. The van der Waals surface area contributed by atoms with Crippen LogP contribution in [0.1, 0.15) is 63.4 Å². The lowest BCUT2D eigenvalue weighted by molar-refractivity contribution is -0.163. The molecule has 1 aliphatic rings. The lowest BCUT2D eigenvalue weighted by Crippen LogP contribution is -2.62. The van der Waals surface area contributed by atoms with Gasteiger partial charge >= 0.3 is 5.97 Å². The minimum atomic E-state index is -1.69. The van der Waals surface area contributed by atoms with E-state index in [1.165, 1.54) is 0 Å². The second kappa shape index (κ2) is 10.5. The lowest BCUT2D eigenvalue weighted by Gasteiger charge is -2.39. The van der Waals surface area contributed by atoms with Crippen LogP contribution in [-0.4, -0.2) is 34.6 Å². The standard InChI is InChI=1S/C26H32ClN3O4S/c1-6-7-21(30-22(31)16-8-11-18(27)12-9-16)26(28,24(32)34-25(3,4)5)17-10-13-20-19(14-17)29-23(35)15(2)33-20/h8-15,21H,6-7,28H2,1-5H3,(H,29,35)(H,30,31). The number of carbonyl (C=O) groups excluding carboxylic acids is 2.